The summed E-state index contributed by atoms with van der Waals surface area (Å²) in [5, 5.41) is 7.67. The van der Waals surface area contributed by atoms with Gasteiger partial charge in [0.2, 0.25) is 0 Å². The smallest absolute Gasteiger partial charge is 0.252 e. The molecule has 7 heteroatoms. The molecule has 0 saturated carbocycles. The molecule has 4 rings (SSSR count). The molecule has 0 aliphatic rings. The first-order valence-electron chi connectivity index (χ1n) is 8.38. The summed E-state index contributed by atoms with van der Waals surface area (Å²) in [7, 11) is 1.73. The summed E-state index contributed by atoms with van der Waals surface area (Å²) >= 11 is 0. The lowest BCUT2D eigenvalue weighted by Gasteiger charge is -2.09. The molecule has 0 fully saturated rings. The van der Waals surface area contributed by atoms with E-state index in [4.69, 9.17) is 0 Å². The summed E-state index contributed by atoms with van der Waals surface area (Å²) < 4.78 is 15.8. The van der Waals surface area contributed by atoms with E-state index in [-0.39, 0.29) is 5.91 Å². The lowest BCUT2D eigenvalue weighted by molar-refractivity contribution is 0.0952. The van der Waals surface area contributed by atoms with Crippen molar-refractivity contribution in [1.82, 2.24) is 25.1 Å². The van der Waals surface area contributed by atoms with Crippen LogP contribution >= 0.6 is 0 Å². The van der Waals surface area contributed by atoms with Gasteiger partial charge in [0.1, 0.15) is 5.82 Å². The van der Waals surface area contributed by atoms with Crippen LogP contribution in [0.3, 0.4) is 0 Å². The van der Waals surface area contributed by atoms with Crippen LogP contribution in [0.2, 0.25) is 0 Å². The first-order chi connectivity index (χ1) is 13.1. The van der Waals surface area contributed by atoms with E-state index in [1.807, 2.05) is 12.1 Å². The number of nitrogens with zero attached hydrogens (tertiary/aromatic N) is 4. The Morgan fingerprint density at radius 2 is 2.04 bits per heavy atom. The Kier molecular flexibility index (Phi) is 4.33. The number of hydrogen-bond acceptors (Lipinski definition) is 4. The maximum Gasteiger partial charge on any atom is 0.252 e. The third-order valence-electron chi connectivity index (χ3n) is 4.28. The zero-order valence-electron chi connectivity index (χ0n) is 14.6. The minimum absolute atomic E-state index is 0.281. The molecule has 0 spiro atoms. The van der Waals surface area contributed by atoms with Gasteiger partial charge < -0.3 is 5.32 Å². The Labute approximate surface area is 154 Å². The normalized spacial score (nSPS) is 10.9. The minimum Gasteiger partial charge on any atom is -0.348 e. The van der Waals surface area contributed by atoms with E-state index in [0.29, 0.717) is 34.4 Å². The van der Waals surface area contributed by atoms with Gasteiger partial charge in [-0.05, 0) is 29.8 Å². The Bertz CT molecular complexity index is 1120. The molecule has 0 radical (unpaired) electrons. The van der Waals surface area contributed by atoms with Crippen LogP contribution in [0, 0.1) is 5.82 Å². The van der Waals surface area contributed by atoms with Gasteiger partial charge in [-0.1, -0.05) is 18.2 Å². The van der Waals surface area contributed by atoms with E-state index in [1.165, 1.54) is 6.07 Å². The Morgan fingerprint density at radius 1 is 1.19 bits per heavy atom. The number of hydrogen-bond donors (Lipinski definition) is 1. The molecule has 1 N–H and O–H groups in total. The monoisotopic (exact) mass is 361 g/mol. The van der Waals surface area contributed by atoms with Crippen molar-refractivity contribution in [1.29, 1.82) is 0 Å². The molecule has 0 saturated heterocycles. The van der Waals surface area contributed by atoms with Crippen LogP contribution in [0.25, 0.3) is 22.3 Å². The minimum atomic E-state index is -0.395. The number of benzene rings is 1. The summed E-state index contributed by atoms with van der Waals surface area (Å²) in [6, 6.07) is 11.6. The number of aromatic nitrogens is 4. The quantitative estimate of drug-likeness (QED) is 0.606. The van der Waals surface area contributed by atoms with Crippen LogP contribution in [-0.4, -0.2) is 25.7 Å². The molecule has 0 atom stereocenters. The van der Waals surface area contributed by atoms with Gasteiger partial charge >= 0.3 is 0 Å². The molecule has 3 heterocycles. The average Bonchev–Trinajstić information content (AvgIpc) is 3.07. The van der Waals surface area contributed by atoms with Gasteiger partial charge in [-0.25, -0.2) is 9.37 Å². The fourth-order valence-corrected chi connectivity index (χ4v) is 2.89. The highest BCUT2D eigenvalue weighted by Crippen LogP contribution is 2.26. The number of rotatable bonds is 4. The number of pyridine rings is 2. The van der Waals surface area contributed by atoms with E-state index in [2.05, 4.69) is 20.4 Å². The lowest BCUT2D eigenvalue weighted by Crippen LogP contribution is -2.23. The molecule has 0 aliphatic carbocycles. The van der Waals surface area contributed by atoms with Crippen molar-refractivity contribution in [3.63, 3.8) is 0 Å². The summed E-state index contributed by atoms with van der Waals surface area (Å²) in [6.45, 7) is 0.339. The van der Waals surface area contributed by atoms with Crippen molar-refractivity contribution in [2.24, 2.45) is 7.05 Å². The largest absolute Gasteiger partial charge is 0.348 e. The van der Waals surface area contributed by atoms with Crippen molar-refractivity contribution in [2.45, 2.75) is 6.54 Å². The molecule has 0 unspecified atom stereocenters. The number of nitrogens with one attached hydrogen (secondary N) is 1. The molecule has 1 amide bonds. The van der Waals surface area contributed by atoms with Crippen molar-refractivity contribution >= 4 is 16.9 Å². The van der Waals surface area contributed by atoms with Crippen LogP contribution in [0.1, 0.15) is 15.9 Å². The SMILES string of the molecule is Cn1ncc2c(C(=O)NCc3cccnc3)cc(-c3ccccc3F)nc21. The highest BCUT2D eigenvalue weighted by atomic mass is 19.1. The Balaban J connectivity index is 1.75. The van der Waals surface area contributed by atoms with E-state index < -0.39 is 5.82 Å². The topological polar surface area (TPSA) is 72.7 Å². The van der Waals surface area contributed by atoms with E-state index >= 15 is 0 Å². The van der Waals surface area contributed by atoms with Crippen molar-refractivity contribution in [2.75, 3.05) is 0 Å². The lowest BCUT2D eigenvalue weighted by atomic mass is 10.1. The van der Waals surface area contributed by atoms with Gasteiger partial charge in [-0.15, -0.1) is 0 Å². The molecule has 4 aromatic rings. The number of fused-ring (bicyclic) bond motifs is 1. The molecule has 6 nitrogen and oxygen atoms in total. The second-order valence-corrected chi connectivity index (χ2v) is 6.08. The van der Waals surface area contributed by atoms with Crippen LogP contribution in [0.4, 0.5) is 4.39 Å². The van der Waals surface area contributed by atoms with Gasteiger partial charge in [-0.3, -0.25) is 14.5 Å². The Hall–Kier alpha value is -3.61. The second-order valence-electron chi connectivity index (χ2n) is 6.08. The molecule has 1 aromatic carbocycles. The standard InChI is InChI=1S/C20H16FN5O/c1-26-19-16(12-24-26)15(20(27)23-11-13-5-4-8-22-10-13)9-18(25-19)14-6-2-3-7-17(14)21/h2-10,12H,11H2,1H3,(H,23,27). The molecule has 134 valence electrons. The van der Waals surface area contributed by atoms with Crippen molar-refractivity contribution in [3.8, 4) is 11.3 Å². The molecule has 27 heavy (non-hydrogen) atoms. The number of carbonyl (C=O) groups excluding carboxylic acids is 1. The van der Waals surface area contributed by atoms with Crippen molar-refractivity contribution in [3.05, 3.63) is 78.0 Å². The summed E-state index contributed by atoms with van der Waals surface area (Å²) in [5.41, 5.74) is 2.52. The average molecular weight is 361 g/mol. The Morgan fingerprint density at radius 3 is 2.81 bits per heavy atom. The summed E-state index contributed by atoms with van der Waals surface area (Å²) in [4.78, 5) is 21.4. The zero-order chi connectivity index (χ0) is 18.8. The van der Waals surface area contributed by atoms with Crippen LogP contribution in [0.15, 0.2) is 61.1 Å². The fourth-order valence-electron chi connectivity index (χ4n) is 2.89. The zero-order valence-corrected chi connectivity index (χ0v) is 14.6. The van der Waals surface area contributed by atoms with Gasteiger partial charge in [0.25, 0.3) is 5.91 Å². The number of aryl methyl sites for hydroxylation is 1. The van der Waals surface area contributed by atoms with E-state index in [0.717, 1.165) is 5.56 Å². The molecular weight excluding hydrogens is 345 g/mol. The van der Waals surface area contributed by atoms with E-state index in [1.54, 1.807) is 54.6 Å². The highest BCUT2D eigenvalue weighted by Gasteiger charge is 2.17. The first kappa shape index (κ1) is 16.8. The third kappa shape index (κ3) is 3.27. The molecular formula is C20H16FN5O. The number of carbonyl (C=O) groups is 1. The summed E-state index contributed by atoms with van der Waals surface area (Å²) in [5.74, 6) is -0.676. The second kappa shape index (κ2) is 6.95. The van der Waals surface area contributed by atoms with Gasteiger partial charge in [0.15, 0.2) is 5.65 Å². The van der Waals surface area contributed by atoms with Crippen LogP contribution in [-0.2, 0) is 13.6 Å². The predicted molar refractivity (Wildman–Crippen MR) is 99.3 cm³/mol. The van der Waals surface area contributed by atoms with Crippen LogP contribution in [0.5, 0.6) is 0 Å². The summed E-state index contributed by atoms with van der Waals surface area (Å²) in [6.07, 6.45) is 4.96. The molecule has 0 bridgehead atoms. The van der Waals surface area contributed by atoms with Gasteiger partial charge in [0, 0.05) is 31.5 Å². The highest BCUT2D eigenvalue weighted by molar-refractivity contribution is 6.06. The van der Waals surface area contributed by atoms with Crippen molar-refractivity contribution < 1.29 is 9.18 Å². The van der Waals surface area contributed by atoms with Gasteiger partial charge in [0.05, 0.1) is 22.8 Å². The molecule has 0 aliphatic heterocycles. The number of amides is 1. The predicted octanol–water partition coefficient (Wildman–Crippen LogP) is 3.10. The van der Waals surface area contributed by atoms with Gasteiger partial charge in [-0.2, -0.15) is 5.10 Å². The van der Waals surface area contributed by atoms with E-state index in [9.17, 15) is 9.18 Å². The van der Waals surface area contributed by atoms with Crippen LogP contribution < -0.4 is 5.32 Å². The molecule has 3 aromatic heterocycles. The maximum atomic E-state index is 14.2. The fraction of sp³-hybridized carbons (Fsp3) is 0.100. The third-order valence-corrected chi connectivity index (χ3v) is 4.28. The first-order valence-corrected chi connectivity index (χ1v) is 8.38. The maximum absolute atomic E-state index is 14.2. The number of halogens is 1.